The zero-order chi connectivity index (χ0) is 27.1. The van der Waals surface area contributed by atoms with E-state index in [9.17, 15) is 4.79 Å². The smallest absolute Gasteiger partial charge is 0.239 e. The average molecular weight is 559 g/mol. The van der Waals surface area contributed by atoms with Crippen LogP contribution in [0.5, 0.6) is 11.5 Å². The van der Waals surface area contributed by atoms with Crippen molar-refractivity contribution in [3.05, 3.63) is 64.4 Å². The Labute approximate surface area is 233 Å². The number of amides is 1. The van der Waals surface area contributed by atoms with Crippen LogP contribution in [0.4, 0.5) is 5.95 Å². The molecule has 0 bridgehead atoms. The number of halogens is 2. The molecule has 1 saturated heterocycles. The third kappa shape index (κ3) is 6.87. The summed E-state index contributed by atoms with van der Waals surface area (Å²) >= 11 is 12.4. The highest BCUT2D eigenvalue weighted by Crippen LogP contribution is 2.34. The molecule has 8 nitrogen and oxygen atoms in total. The minimum absolute atomic E-state index is 0.0661. The van der Waals surface area contributed by atoms with E-state index in [2.05, 4.69) is 32.8 Å². The van der Waals surface area contributed by atoms with Crippen molar-refractivity contribution in [2.45, 2.75) is 32.2 Å². The highest BCUT2D eigenvalue weighted by Gasteiger charge is 2.36. The van der Waals surface area contributed by atoms with Gasteiger partial charge in [-0.25, -0.2) is 9.97 Å². The zero-order valence-electron chi connectivity index (χ0n) is 21.8. The minimum Gasteiger partial charge on any atom is -0.493 e. The first-order chi connectivity index (χ1) is 18.3. The van der Waals surface area contributed by atoms with Crippen LogP contribution >= 0.6 is 23.2 Å². The number of aromatic nitrogens is 2. The predicted molar refractivity (Wildman–Crippen MR) is 151 cm³/mol. The van der Waals surface area contributed by atoms with Crippen molar-refractivity contribution in [2.24, 2.45) is 5.41 Å². The molecule has 2 atom stereocenters. The molecule has 0 radical (unpaired) electrons. The second-order valence-electron chi connectivity index (χ2n) is 9.72. The molecule has 1 aromatic heterocycles. The molecule has 0 spiro atoms. The van der Waals surface area contributed by atoms with Gasteiger partial charge in [-0.05, 0) is 61.2 Å². The maximum atomic E-state index is 12.7. The quantitative estimate of drug-likeness (QED) is 0.305. The molecule has 2 aromatic carbocycles. The third-order valence-electron chi connectivity index (χ3n) is 6.96. The van der Waals surface area contributed by atoms with Gasteiger partial charge in [-0.1, -0.05) is 42.3 Å². The fourth-order valence-electron chi connectivity index (χ4n) is 4.81. The number of rotatable bonds is 11. The number of carbonyl (C=O) groups excluding carboxylic acids is 1. The Morgan fingerprint density at radius 3 is 2.47 bits per heavy atom. The molecule has 202 valence electrons. The summed E-state index contributed by atoms with van der Waals surface area (Å²) in [6.45, 7) is 3.76. The molecule has 1 aliphatic rings. The van der Waals surface area contributed by atoms with Crippen LogP contribution in [-0.4, -0.2) is 55.8 Å². The number of ether oxygens (including phenoxy) is 2. The van der Waals surface area contributed by atoms with Crippen LogP contribution < -0.4 is 25.4 Å². The second-order valence-corrected chi connectivity index (χ2v) is 10.5. The lowest BCUT2D eigenvalue weighted by molar-refractivity contribution is -0.120. The van der Waals surface area contributed by atoms with Crippen molar-refractivity contribution in [1.82, 2.24) is 20.6 Å². The molecule has 10 heteroatoms. The topological polar surface area (TPSA) is 97.4 Å². The van der Waals surface area contributed by atoms with Crippen molar-refractivity contribution < 1.29 is 14.3 Å². The summed E-state index contributed by atoms with van der Waals surface area (Å²) in [4.78, 5) is 21.5. The first-order valence-electron chi connectivity index (χ1n) is 12.5. The SMILES string of the molecule is COc1ccc(-c2cnc(NCC(=O)NCC(C)(Cc3ccc(Cl)c(Cl)c3)C3CCCN3)nc2)cc1OC. The van der Waals surface area contributed by atoms with Crippen LogP contribution in [0, 0.1) is 5.41 Å². The van der Waals surface area contributed by atoms with E-state index in [0.29, 0.717) is 34.0 Å². The summed E-state index contributed by atoms with van der Waals surface area (Å²) in [6.07, 6.45) is 6.35. The summed E-state index contributed by atoms with van der Waals surface area (Å²) in [5, 5.41) is 10.8. The lowest BCUT2D eigenvalue weighted by atomic mass is 9.76. The van der Waals surface area contributed by atoms with Crippen LogP contribution in [0.1, 0.15) is 25.3 Å². The first kappa shape index (κ1) is 28.0. The molecular formula is C28H33Cl2N5O3. The summed E-state index contributed by atoms with van der Waals surface area (Å²) in [5.41, 5.74) is 2.61. The molecule has 1 aliphatic heterocycles. The average Bonchev–Trinajstić information content (AvgIpc) is 3.49. The third-order valence-corrected chi connectivity index (χ3v) is 7.70. The van der Waals surface area contributed by atoms with Gasteiger partial charge in [0.2, 0.25) is 11.9 Å². The summed E-state index contributed by atoms with van der Waals surface area (Å²) in [7, 11) is 3.19. The summed E-state index contributed by atoms with van der Waals surface area (Å²) in [5.74, 6) is 1.53. The first-order valence-corrected chi connectivity index (χ1v) is 13.3. The van der Waals surface area contributed by atoms with E-state index in [1.54, 1.807) is 26.6 Å². The number of hydrogen-bond acceptors (Lipinski definition) is 7. The van der Waals surface area contributed by atoms with Gasteiger partial charge in [-0.15, -0.1) is 0 Å². The predicted octanol–water partition coefficient (Wildman–Crippen LogP) is 5.00. The highest BCUT2D eigenvalue weighted by atomic mass is 35.5. The van der Waals surface area contributed by atoms with E-state index in [1.165, 1.54) is 0 Å². The highest BCUT2D eigenvalue weighted by molar-refractivity contribution is 6.42. The Kier molecular flexibility index (Phi) is 9.31. The molecular weight excluding hydrogens is 525 g/mol. The minimum atomic E-state index is -0.194. The molecule has 3 N–H and O–H groups in total. The van der Waals surface area contributed by atoms with Crippen molar-refractivity contribution in [1.29, 1.82) is 0 Å². The van der Waals surface area contributed by atoms with Gasteiger partial charge in [0.05, 0.1) is 30.8 Å². The van der Waals surface area contributed by atoms with Crippen LogP contribution in [0.25, 0.3) is 11.1 Å². The number of benzene rings is 2. The van der Waals surface area contributed by atoms with Gasteiger partial charge >= 0.3 is 0 Å². The van der Waals surface area contributed by atoms with Crippen molar-refractivity contribution in [3.63, 3.8) is 0 Å². The zero-order valence-corrected chi connectivity index (χ0v) is 23.3. The fraction of sp³-hybridized carbons (Fsp3) is 0.393. The van der Waals surface area contributed by atoms with Gasteiger partial charge < -0.3 is 25.4 Å². The lowest BCUT2D eigenvalue weighted by Crippen LogP contribution is -2.49. The number of carbonyl (C=O) groups is 1. The molecule has 0 saturated carbocycles. The van der Waals surface area contributed by atoms with Crippen LogP contribution in [0.3, 0.4) is 0 Å². The van der Waals surface area contributed by atoms with Crippen LogP contribution in [-0.2, 0) is 11.2 Å². The molecule has 1 amide bonds. The maximum absolute atomic E-state index is 12.7. The van der Waals surface area contributed by atoms with Crippen LogP contribution in [0.2, 0.25) is 10.0 Å². The molecule has 1 fully saturated rings. The molecule has 38 heavy (non-hydrogen) atoms. The molecule has 2 heterocycles. The van der Waals surface area contributed by atoms with Gasteiger partial charge in [-0.3, -0.25) is 4.79 Å². The van der Waals surface area contributed by atoms with E-state index in [4.69, 9.17) is 32.7 Å². The molecule has 0 aliphatic carbocycles. The Morgan fingerprint density at radius 2 is 1.82 bits per heavy atom. The van der Waals surface area contributed by atoms with Gasteiger partial charge in [-0.2, -0.15) is 0 Å². The summed E-state index contributed by atoms with van der Waals surface area (Å²) < 4.78 is 10.7. The van der Waals surface area contributed by atoms with Crippen LogP contribution in [0.15, 0.2) is 48.8 Å². The molecule has 4 rings (SSSR count). The largest absolute Gasteiger partial charge is 0.493 e. The second kappa shape index (κ2) is 12.7. The Morgan fingerprint density at radius 1 is 1.05 bits per heavy atom. The van der Waals surface area contributed by atoms with Gasteiger partial charge in [0.1, 0.15) is 0 Å². The van der Waals surface area contributed by atoms with Gasteiger partial charge in [0.25, 0.3) is 0 Å². The Balaban J connectivity index is 1.34. The monoisotopic (exact) mass is 557 g/mol. The lowest BCUT2D eigenvalue weighted by Gasteiger charge is -2.36. The van der Waals surface area contributed by atoms with Gasteiger partial charge in [0.15, 0.2) is 11.5 Å². The normalized spacial score (nSPS) is 16.5. The number of nitrogens with one attached hydrogen (secondary N) is 3. The Hall–Kier alpha value is -3.07. The van der Waals surface area contributed by atoms with Crippen molar-refractivity contribution in [2.75, 3.05) is 39.2 Å². The number of anilines is 1. The van der Waals surface area contributed by atoms with E-state index in [0.717, 1.165) is 42.5 Å². The Bertz CT molecular complexity index is 1250. The van der Waals surface area contributed by atoms with Crippen molar-refractivity contribution in [3.8, 4) is 22.6 Å². The number of hydrogen-bond donors (Lipinski definition) is 3. The standard InChI is InChI=1S/C28H33Cl2N5O3/c1-28(25-5-4-10-31-25,13-18-6-8-21(29)22(30)11-18)17-35-26(36)16-34-27-32-14-20(15-33-27)19-7-9-23(37-2)24(12-19)38-3/h6-9,11-12,14-15,25,31H,4-5,10,13,16-17H2,1-3H3,(H,35,36)(H,32,33,34). The van der Waals surface area contributed by atoms with Crippen molar-refractivity contribution >= 4 is 35.1 Å². The van der Waals surface area contributed by atoms with E-state index in [-0.39, 0.29) is 23.9 Å². The molecule has 2 unspecified atom stereocenters. The van der Waals surface area contributed by atoms with E-state index >= 15 is 0 Å². The van der Waals surface area contributed by atoms with E-state index < -0.39 is 0 Å². The van der Waals surface area contributed by atoms with Gasteiger partial charge in [0, 0.05) is 36.0 Å². The van der Waals surface area contributed by atoms with E-state index in [1.807, 2.05) is 36.4 Å². The maximum Gasteiger partial charge on any atom is 0.239 e. The number of methoxy groups -OCH3 is 2. The molecule has 3 aromatic rings. The fourth-order valence-corrected chi connectivity index (χ4v) is 5.13. The summed E-state index contributed by atoms with van der Waals surface area (Å²) in [6, 6.07) is 11.6. The number of nitrogens with zero attached hydrogens (tertiary/aromatic N) is 2.